The van der Waals surface area contributed by atoms with Gasteiger partial charge in [-0.05, 0) is 30.3 Å². The molecular weight excluding hydrogens is 288 g/mol. The number of nitrogens with zero attached hydrogens (tertiary/aromatic N) is 1. The Labute approximate surface area is 125 Å². The standard InChI is InChI=1S/C16H11ClN2O2/c17-10-5-7-11(8-6-10)18-9-14-12-3-1-2-4-13(12)15(20)19-16(14)21/h1-9H,(H2,19,20,21). The van der Waals surface area contributed by atoms with Crippen molar-refractivity contribution in [2.24, 2.45) is 4.99 Å². The second-order valence-corrected chi connectivity index (χ2v) is 4.93. The maximum atomic E-state index is 11.8. The van der Waals surface area contributed by atoms with Gasteiger partial charge in [0.05, 0.1) is 11.3 Å². The third-order valence-electron chi connectivity index (χ3n) is 3.12. The van der Waals surface area contributed by atoms with E-state index in [2.05, 4.69) is 9.98 Å². The number of halogens is 1. The molecule has 0 atom stereocenters. The minimum absolute atomic E-state index is 0.198. The molecule has 0 aliphatic rings. The maximum absolute atomic E-state index is 11.8. The second-order valence-electron chi connectivity index (χ2n) is 4.50. The van der Waals surface area contributed by atoms with Gasteiger partial charge in [0.1, 0.15) is 0 Å². The van der Waals surface area contributed by atoms with E-state index in [0.29, 0.717) is 27.0 Å². The van der Waals surface area contributed by atoms with E-state index in [-0.39, 0.29) is 11.4 Å². The van der Waals surface area contributed by atoms with Gasteiger partial charge in [0.15, 0.2) is 0 Å². The second kappa shape index (κ2) is 5.42. The lowest BCUT2D eigenvalue weighted by Gasteiger charge is -2.04. The Kier molecular flexibility index (Phi) is 3.46. The zero-order valence-corrected chi connectivity index (χ0v) is 11.6. The monoisotopic (exact) mass is 298 g/mol. The summed E-state index contributed by atoms with van der Waals surface area (Å²) in [6.07, 6.45) is 1.52. The van der Waals surface area contributed by atoms with E-state index in [1.165, 1.54) is 6.21 Å². The van der Waals surface area contributed by atoms with Crippen LogP contribution in [0.4, 0.5) is 5.69 Å². The van der Waals surface area contributed by atoms with Crippen molar-refractivity contribution in [3.8, 4) is 5.88 Å². The fourth-order valence-corrected chi connectivity index (χ4v) is 2.21. The van der Waals surface area contributed by atoms with Crippen LogP contribution in [-0.4, -0.2) is 16.3 Å². The van der Waals surface area contributed by atoms with Gasteiger partial charge in [-0.1, -0.05) is 29.8 Å². The molecule has 2 N–H and O–H groups in total. The van der Waals surface area contributed by atoms with Gasteiger partial charge >= 0.3 is 0 Å². The summed E-state index contributed by atoms with van der Waals surface area (Å²) in [7, 11) is 0. The SMILES string of the molecule is O=c1[nH]c(O)c(C=Nc2ccc(Cl)cc2)c2ccccc12. The number of aromatic nitrogens is 1. The molecule has 3 rings (SSSR count). The third-order valence-corrected chi connectivity index (χ3v) is 3.37. The smallest absolute Gasteiger partial charge is 0.258 e. The lowest BCUT2D eigenvalue weighted by atomic mass is 10.1. The zero-order chi connectivity index (χ0) is 14.8. The number of H-pyrrole nitrogens is 1. The van der Waals surface area contributed by atoms with Crippen LogP contribution >= 0.6 is 11.6 Å². The number of rotatable bonds is 2. The average molecular weight is 299 g/mol. The number of nitrogens with one attached hydrogen (secondary N) is 1. The highest BCUT2D eigenvalue weighted by atomic mass is 35.5. The number of aromatic amines is 1. The lowest BCUT2D eigenvalue weighted by Crippen LogP contribution is -2.07. The largest absolute Gasteiger partial charge is 0.494 e. The highest BCUT2D eigenvalue weighted by Crippen LogP contribution is 2.22. The van der Waals surface area contributed by atoms with Crippen LogP contribution in [0.15, 0.2) is 58.3 Å². The van der Waals surface area contributed by atoms with Crippen LogP contribution in [0.5, 0.6) is 5.88 Å². The summed E-state index contributed by atoms with van der Waals surface area (Å²) in [4.78, 5) is 18.5. The minimum atomic E-state index is -0.327. The van der Waals surface area contributed by atoms with Gasteiger partial charge in [-0.25, -0.2) is 0 Å². The van der Waals surface area contributed by atoms with Crippen molar-refractivity contribution in [2.75, 3.05) is 0 Å². The zero-order valence-electron chi connectivity index (χ0n) is 10.9. The van der Waals surface area contributed by atoms with Gasteiger partial charge in [0.25, 0.3) is 5.56 Å². The van der Waals surface area contributed by atoms with Crippen LogP contribution in [0.3, 0.4) is 0 Å². The van der Waals surface area contributed by atoms with Crippen LogP contribution in [-0.2, 0) is 0 Å². The van der Waals surface area contributed by atoms with Crippen LogP contribution in [0.1, 0.15) is 5.56 Å². The Balaban J connectivity index is 2.12. The molecule has 0 aliphatic carbocycles. The summed E-state index contributed by atoms with van der Waals surface area (Å²) in [5.74, 6) is -0.198. The summed E-state index contributed by atoms with van der Waals surface area (Å²) in [6.45, 7) is 0. The highest BCUT2D eigenvalue weighted by Gasteiger charge is 2.08. The average Bonchev–Trinajstić information content (AvgIpc) is 2.49. The van der Waals surface area contributed by atoms with E-state index >= 15 is 0 Å². The highest BCUT2D eigenvalue weighted by molar-refractivity contribution is 6.30. The molecule has 0 amide bonds. The van der Waals surface area contributed by atoms with Gasteiger partial charge in [-0.15, -0.1) is 0 Å². The van der Waals surface area contributed by atoms with Crippen molar-refractivity contribution < 1.29 is 5.11 Å². The fourth-order valence-electron chi connectivity index (χ4n) is 2.08. The van der Waals surface area contributed by atoms with E-state index in [4.69, 9.17) is 11.6 Å². The maximum Gasteiger partial charge on any atom is 0.258 e. The lowest BCUT2D eigenvalue weighted by molar-refractivity contribution is 0.452. The first-order valence-electron chi connectivity index (χ1n) is 6.29. The molecule has 0 saturated carbocycles. The number of hydrogen-bond acceptors (Lipinski definition) is 3. The number of hydrogen-bond donors (Lipinski definition) is 2. The van der Waals surface area contributed by atoms with E-state index in [1.807, 2.05) is 0 Å². The predicted octanol–water partition coefficient (Wildman–Crippen LogP) is 3.64. The number of fused-ring (bicyclic) bond motifs is 1. The first-order valence-corrected chi connectivity index (χ1v) is 6.66. The molecule has 0 saturated heterocycles. The summed E-state index contributed by atoms with van der Waals surface area (Å²) in [5.41, 5.74) is 0.848. The van der Waals surface area contributed by atoms with Crippen molar-refractivity contribution in [2.45, 2.75) is 0 Å². The molecule has 0 spiro atoms. The van der Waals surface area contributed by atoms with Crippen molar-refractivity contribution in [3.63, 3.8) is 0 Å². The molecule has 5 heteroatoms. The van der Waals surface area contributed by atoms with Crippen molar-refractivity contribution in [1.29, 1.82) is 0 Å². The molecule has 0 aliphatic heterocycles. The topological polar surface area (TPSA) is 65.5 Å². The summed E-state index contributed by atoms with van der Waals surface area (Å²) < 4.78 is 0. The molecule has 0 fully saturated rings. The normalized spacial score (nSPS) is 11.3. The molecular formula is C16H11ClN2O2. The summed E-state index contributed by atoms with van der Waals surface area (Å²) in [5, 5.41) is 11.7. The van der Waals surface area contributed by atoms with Crippen LogP contribution in [0.2, 0.25) is 5.02 Å². The Morgan fingerprint density at radius 2 is 1.71 bits per heavy atom. The molecule has 1 heterocycles. The minimum Gasteiger partial charge on any atom is -0.494 e. The number of benzene rings is 2. The summed E-state index contributed by atoms with van der Waals surface area (Å²) in [6, 6.07) is 14.1. The van der Waals surface area contributed by atoms with Crippen molar-refractivity contribution >= 4 is 34.3 Å². The van der Waals surface area contributed by atoms with Gasteiger partial charge in [-0.3, -0.25) is 14.8 Å². The van der Waals surface area contributed by atoms with Gasteiger partial charge in [0.2, 0.25) is 5.88 Å². The number of aromatic hydroxyl groups is 1. The first kappa shape index (κ1) is 13.4. The molecule has 0 bridgehead atoms. The Bertz CT molecular complexity index is 883. The molecule has 0 unspecified atom stereocenters. The van der Waals surface area contributed by atoms with E-state index in [0.717, 1.165) is 0 Å². The number of pyridine rings is 1. The number of aliphatic imine (C=N–C) groups is 1. The predicted molar refractivity (Wildman–Crippen MR) is 84.9 cm³/mol. The molecule has 2 aromatic carbocycles. The summed E-state index contributed by atoms with van der Waals surface area (Å²) >= 11 is 5.82. The van der Waals surface area contributed by atoms with E-state index in [1.54, 1.807) is 48.5 Å². The Morgan fingerprint density at radius 3 is 2.43 bits per heavy atom. The van der Waals surface area contributed by atoms with Crippen LogP contribution < -0.4 is 5.56 Å². The quantitative estimate of drug-likeness (QED) is 0.709. The Morgan fingerprint density at radius 1 is 1.05 bits per heavy atom. The van der Waals surface area contributed by atoms with E-state index in [9.17, 15) is 9.90 Å². The molecule has 21 heavy (non-hydrogen) atoms. The molecule has 104 valence electrons. The van der Waals surface area contributed by atoms with Crippen molar-refractivity contribution in [3.05, 3.63) is 69.5 Å². The fraction of sp³-hybridized carbons (Fsp3) is 0. The molecule has 3 aromatic rings. The van der Waals surface area contributed by atoms with Crippen LogP contribution in [0.25, 0.3) is 10.8 Å². The van der Waals surface area contributed by atoms with E-state index < -0.39 is 0 Å². The molecule has 0 radical (unpaired) electrons. The Hall–Kier alpha value is -2.59. The van der Waals surface area contributed by atoms with Crippen molar-refractivity contribution in [1.82, 2.24) is 4.98 Å². The third kappa shape index (κ3) is 2.66. The molecule has 1 aromatic heterocycles. The first-order chi connectivity index (χ1) is 10.1. The van der Waals surface area contributed by atoms with Gasteiger partial charge < -0.3 is 5.11 Å². The molecule has 4 nitrogen and oxygen atoms in total. The van der Waals surface area contributed by atoms with Gasteiger partial charge in [-0.2, -0.15) is 0 Å². The van der Waals surface area contributed by atoms with Gasteiger partial charge in [0, 0.05) is 22.0 Å². The van der Waals surface area contributed by atoms with Crippen LogP contribution in [0, 0.1) is 0 Å².